The van der Waals surface area contributed by atoms with Crippen molar-refractivity contribution in [1.29, 1.82) is 0 Å². The molecule has 0 amide bonds. The van der Waals surface area contributed by atoms with Crippen LogP contribution in [0, 0.1) is 6.07 Å². The second kappa shape index (κ2) is 20.2. The molecule has 0 spiro atoms. The van der Waals surface area contributed by atoms with Crippen molar-refractivity contribution in [3.05, 3.63) is 137 Å². The molecule has 4 aromatic carbocycles. The van der Waals surface area contributed by atoms with Crippen LogP contribution < -0.4 is 0 Å². The molecule has 275 valence electrons. The van der Waals surface area contributed by atoms with E-state index in [1.807, 2.05) is 0 Å². The number of aryl methyl sites for hydroxylation is 3. The van der Waals surface area contributed by atoms with Gasteiger partial charge in [0.25, 0.3) is 0 Å². The fraction of sp³-hybridized carbons (Fsp3) is 0.420. The fourth-order valence-corrected chi connectivity index (χ4v) is 8.49. The molecule has 0 saturated heterocycles. The van der Waals surface area contributed by atoms with Gasteiger partial charge >= 0.3 is 0 Å². The third-order valence-electron chi connectivity index (χ3n) is 11.5. The molecular weight excluding hydrogens is 807 g/mol. The van der Waals surface area contributed by atoms with Crippen LogP contribution in [0.3, 0.4) is 0 Å². The minimum Gasteiger partial charge on any atom is -0.304 e. The van der Waals surface area contributed by atoms with Crippen molar-refractivity contribution in [2.24, 2.45) is 0 Å². The van der Waals surface area contributed by atoms with Crippen LogP contribution in [0.4, 0.5) is 0 Å². The van der Waals surface area contributed by atoms with Crippen molar-refractivity contribution >= 4 is 0 Å². The second-order valence-electron chi connectivity index (χ2n) is 15.1. The van der Waals surface area contributed by atoms with Gasteiger partial charge in [0.15, 0.2) is 0 Å². The number of hydrogen-bond donors (Lipinski definition) is 0. The molecule has 1 radical (unpaired) electrons. The van der Waals surface area contributed by atoms with Crippen LogP contribution in [0.1, 0.15) is 138 Å². The van der Waals surface area contributed by atoms with Crippen molar-refractivity contribution in [2.75, 3.05) is 0 Å². The van der Waals surface area contributed by atoms with Gasteiger partial charge in [-0.3, -0.25) is 0 Å². The van der Waals surface area contributed by atoms with Gasteiger partial charge in [-0.25, -0.2) is 0 Å². The third-order valence-corrected chi connectivity index (χ3v) is 11.5. The van der Waals surface area contributed by atoms with Gasteiger partial charge in [0.2, 0.25) is 0 Å². The van der Waals surface area contributed by atoms with Crippen LogP contribution in [-0.4, -0.2) is 4.98 Å². The monoisotopic (exact) mass is 867 g/mol. The van der Waals surface area contributed by atoms with Crippen LogP contribution in [0.2, 0.25) is 0 Å². The first-order valence-corrected chi connectivity index (χ1v) is 20.4. The van der Waals surface area contributed by atoms with Crippen molar-refractivity contribution in [3.8, 4) is 33.5 Å². The molecule has 0 saturated carbocycles. The molecule has 0 N–H and O–H groups in total. The molecule has 0 bridgehead atoms. The molecular formula is C50H60IrN-. The summed E-state index contributed by atoms with van der Waals surface area (Å²) in [4.78, 5) is 5.07. The van der Waals surface area contributed by atoms with Gasteiger partial charge in [-0.1, -0.05) is 194 Å². The summed E-state index contributed by atoms with van der Waals surface area (Å²) in [6.07, 6.45) is 23.7. The Bertz CT molecular complexity index is 1790. The Hall–Kier alpha value is -3.32. The van der Waals surface area contributed by atoms with E-state index in [1.165, 1.54) is 134 Å². The van der Waals surface area contributed by atoms with Crippen LogP contribution in [-0.2, 0) is 44.8 Å². The van der Waals surface area contributed by atoms with E-state index in [-0.39, 0.29) is 25.5 Å². The van der Waals surface area contributed by atoms with E-state index in [1.54, 1.807) is 5.56 Å². The quantitative estimate of drug-likeness (QED) is 0.0561. The Morgan fingerprint density at radius 1 is 0.538 bits per heavy atom. The number of hydrogen-bond acceptors (Lipinski definition) is 1. The van der Waals surface area contributed by atoms with Crippen LogP contribution in [0.5, 0.6) is 0 Å². The van der Waals surface area contributed by atoms with Crippen molar-refractivity contribution in [1.82, 2.24) is 4.98 Å². The van der Waals surface area contributed by atoms with E-state index < -0.39 is 0 Å². The van der Waals surface area contributed by atoms with E-state index in [0.29, 0.717) is 0 Å². The van der Waals surface area contributed by atoms with Gasteiger partial charge in [0, 0.05) is 31.7 Å². The molecule has 1 aliphatic rings. The Balaban J connectivity index is 0.00000523. The number of pyridine rings is 1. The topological polar surface area (TPSA) is 12.9 Å². The van der Waals surface area contributed by atoms with E-state index in [9.17, 15) is 0 Å². The maximum absolute atomic E-state index is 5.07. The van der Waals surface area contributed by atoms with Crippen LogP contribution >= 0.6 is 0 Å². The first-order valence-electron chi connectivity index (χ1n) is 20.4. The summed E-state index contributed by atoms with van der Waals surface area (Å²) in [6.45, 7) is 6.93. The smallest absolute Gasteiger partial charge is 0.0239 e. The second-order valence-corrected chi connectivity index (χ2v) is 15.1. The normalized spacial score (nSPS) is 12.7. The summed E-state index contributed by atoms with van der Waals surface area (Å²) >= 11 is 0. The van der Waals surface area contributed by atoms with Crippen molar-refractivity contribution in [2.45, 2.75) is 135 Å². The van der Waals surface area contributed by atoms with Gasteiger partial charge in [-0.2, -0.15) is 0 Å². The molecule has 1 aliphatic carbocycles. The van der Waals surface area contributed by atoms with Gasteiger partial charge in [0.1, 0.15) is 0 Å². The number of fused-ring (bicyclic) bond motifs is 3. The summed E-state index contributed by atoms with van der Waals surface area (Å²) < 4.78 is 0. The Kier molecular flexibility index (Phi) is 15.5. The van der Waals surface area contributed by atoms with Crippen molar-refractivity contribution < 1.29 is 20.1 Å². The largest absolute Gasteiger partial charge is 0.304 e. The van der Waals surface area contributed by atoms with Gasteiger partial charge in [0.05, 0.1) is 0 Å². The maximum Gasteiger partial charge on any atom is 0.0239 e. The molecule has 0 fully saturated rings. The zero-order valence-corrected chi connectivity index (χ0v) is 34.5. The van der Waals surface area contributed by atoms with E-state index in [2.05, 4.69) is 130 Å². The summed E-state index contributed by atoms with van der Waals surface area (Å²) in [5.74, 6) is 0. The van der Waals surface area contributed by atoms with E-state index in [0.717, 1.165) is 30.5 Å². The average molecular weight is 867 g/mol. The van der Waals surface area contributed by atoms with Gasteiger partial charge in [-0.05, 0) is 71.2 Å². The molecule has 1 heterocycles. The summed E-state index contributed by atoms with van der Waals surface area (Å²) in [6, 6.07) is 40.1. The zero-order chi connectivity index (χ0) is 35.3. The standard InChI is InChI=1S/C50H60N.Ir/c1-4-7-9-11-13-18-33-50(34-19-14-12-10-8-5-2)47-36-39(6-3)27-30-45(47)46-31-28-43(37-48(46)50)49-32-29-44(38-51-49)42-24-20-23-41(35-42)26-25-40-21-16-15-17-22-40;/h15-17,20-24,27,29-32,35-38H,4-14,18-19,25-26,33-34H2,1-3H3;/q-1;. The number of unbranched alkanes of at least 4 members (excludes halogenated alkanes) is 10. The first-order chi connectivity index (χ1) is 25.1. The molecule has 0 aliphatic heterocycles. The summed E-state index contributed by atoms with van der Waals surface area (Å²) in [7, 11) is 0. The van der Waals surface area contributed by atoms with Crippen LogP contribution in [0.25, 0.3) is 33.5 Å². The molecule has 6 rings (SSSR count). The van der Waals surface area contributed by atoms with Gasteiger partial charge in [-0.15, -0.1) is 29.3 Å². The number of nitrogens with zero attached hydrogens (tertiary/aromatic N) is 1. The third kappa shape index (κ3) is 9.80. The van der Waals surface area contributed by atoms with Crippen LogP contribution in [0.15, 0.2) is 103 Å². The molecule has 2 heteroatoms. The molecule has 1 aromatic heterocycles. The minimum absolute atomic E-state index is 0. The average Bonchev–Trinajstić information content (AvgIpc) is 3.45. The fourth-order valence-electron chi connectivity index (χ4n) is 8.49. The maximum atomic E-state index is 5.07. The summed E-state index contributed by atoms with van der Waals surface area (Å²) in [5.41, 5.74) is 14.8. The molecule has 52 heavy (non-hydrogen) atoms. The van der Waals surface area contributed by atoms with E-state index >= 15 is 0 Å². The minimum atomic E-state index is 0. The Morgan fingerprint density at radius 3 is 1.87 bits per heavy atom. The molecule has 1 nitrogen and oxygen atoms in total. The zero-order valence-electron chi connectivity index (χ0n) is 32.1. The van der Waals surface area contributed by atoms with E-state index in [4.69, 9.17) is 4.98 Å². The molecule has 0 unspecified atom stereocenters. The predicted molar refractivity (Wildman–Crippen MR) is 219 cm³/mol. The SMILES string of the molecule is CCCCCCCCC1(CCCCCCCC)c2cc(-c3ccc(-c4cccc(CCc5ccccc5)c4)cn3)[c-]cc2-c2ccc(CC)cc21.[Ir]. The Morgan fingerprint density at radius 2 is 1.19 bits per heavy atom. The predicted octanol–water partition coefficient (Wildman–Crippen LogP) is 14.3. The number of rotatable bonds is 20. The number of benzene rings is 4. The first kappa shape index (κ1) is 39.9. The molecule has 5 aromatic rings. The molecule has 0 atom stereocenters. The van der Waals surface area contributed by atoms with Gasteiger partial charge < -0.3 is 4.98 Å². The van der Waals surface area contributed by atoms with Crippen molar-refractivity contribution in [3.63, 3.8) is 0 Å². The summed E-state index contributed by atoms with van der Waals surface area (Å²) in [5, 5.41) is 0. The Labute approximate surface area is 329 Å². The number of aromatic nitrogens is 1.